The van der Waals surface area contributed by atoms with E-state index in [9.17, 15) is 8.42 Å². The summed E-state index contributed by atoms with van der Waals surface area (Å²) in [6, 6.07) is 0.231. The van der Waals surface area contributed by atoms with Crippen LogP contribution in [0.2, 0.25) is 0 Å². The van der Waals surface area contributed by atoms with Crippen LogP contribution in [0.4, 0.5) is 0 Å². The Balaban J connectivity index is 2.02. The summed E-state index contributed by atoms with van der Waals surface area (Å²) in [5.74, 6) is 0.499. The number of nitrogens with zero attached hydrogens (tertiary/aromatic N) is 1. The fourth-order valence-corrected chi connectivity index (χ4v) is 4.47. The zero-order chi connectivity index (χ0) is 14.1. The van der Waals surface area contributed by atoms with E-state index in [1.807, 2.05) is 20.8 Å². The standard InChI is InChI=1S/C13H27N3O2S/c1-13(2,3)15-19(17,18)16(12-4-5-12)10-11-6-8-14-9-7-11/h11-12,14-15H,4-10H2,1-3H3. The first kappa shape index (κ1) is 15.2. The molecule has 2 fully saturated rings. The molecule has 112 valence electrons. The summed E-state index contributed by atoms with van der Waals surface area (Å²) < 4.78 is 29.5. The van der Waals surface area contributed by atoms with Crippen LogP contribution in [0, 0.1) is 5.92 Å². The zero-order valence-corrected chi connectivity index (χ0v) is 13.1. The second-order valence-electron chi connectivity index (χ2n) is 6.85. The molecule has 0 radical (unpaired) electrons. The molecule has 1 heterocycles. The predicted octanol–water partition coefficient (Wildman–Crippen LogP) is 1.08. The van der Waals surface area contributed by atoms with Gasteiger partial charge >= 0.3 is 0 Å². The summed E-state index contributed by atoms with van der Waals surface area (Å²) in [4.78, 5) is 0. The Kier molecular flexibility index (Phi) is 4.55. The summed E-state index contributed by atoms with van der Waals surface area (Å²) >= 11 is 0. The molecule has 0 unspecified atom stereocenters. The molecule has 1 aliphatic carbocycles. The molecule has 0 spiro atoms. The molecule has 0 bridgehead atoms. The molecule has 1 saturated carbocycles. The van der Waals surface area contributed by atoms with Crippen LogP contribution in [0.15, 0.2) is 0 Å². The zero-order valence-electron chi connectivity index (χ0n) is 12.3. The van der Waals surface area contributed by atoms with Crippen LogP contribution in [0.3, 0.4) is 0 Å². The first-order chi connectivity index (χ1) is 8.78. The maximum atomic E-state index is 12.5. The Hall–Kier alpha value is -0.170. The topological polar surface area (TPSA) is 61.4 Å². The van der Waals surface area contributed by atoms with Crippen LogP contribution >= 0.6 is 0 Å². The van der Waals surface area contributed by atoms with Crippen molar-refractivity contribution in [2.24, 2.45) is 5.92 Å². The Morgan fingerprint density at radius 3 is 2.21 bits per heavy atom. The summed E-state index contributed by atoms with van der Waals surface area (Å²) in [5, 5.41) is 3.33. The molecule has 2 N–H and O–H groups in total. The monoisotopic (exact) mass is 289 g/mol. The third kappa shape index (κ3) is 4.70. The fourth-order valence-electron chi connectivity index (χ4n) is 2.57. The minimum Gasteiger partial charge on any atom is -0.317 e. The molecule has 6 heteroatoms. The lowest BCUT2D eigenvalue weighted by molar-refractivity contribution is 0.277. The van der Waals surface area contributed by atoms with E-state index in [2.05, 4.69) is 10.0 Å². The van der Waals surface area contributed by atoms with E-state index in [-0.39, 0.29) is 6.04 Å². The van der Waals surface area contributed by atoms with E-state index >= 15 is 0 Å². The molecule has 0 amide bonds. The van der Waals surface area contributed by atoms with E-state index in [4.69, 9.17) is 0 Å². The fraction of sp³-hybridized carbons (Fsp3) is 1.00. The maximum Gasteiger partial charge on any atom is 0.280 e. The second-order valence-corrected chi connectivity index (χ2v) is 8.47. The van der Waals surface area contributed by atoms with Gasteiger partial charge in [0.25, 0.3) is 10.2 Å². The van der Waals surface area contributed by atoms with Gasteiger partial charge in [-0.1, -0.05) is 0 Å². The quantitative estimate of drug-likeness (QED) is 0.796. The van der Waals surface area contributed by atoms with Crippen molar-refractivity contribution in [1.82, 2.24) is 14.3 Å². The van der Waals surface area contributed by atoms with E-state index in [0.29, 0.717) is 12.5 Å². The third-order valence-electron chi connectivity index (χ3n) is 3.59. The van der Waals surface area contributed by atoms with Crippen molar-refractivity contribution in [1.29, 1.82) is 0 Å². The second kappa shape index (κ2) is 5.68. The van der Waals surface area contributed by atoms with Crippen molar-refractivity contribution in [3.63, 3.8) is 0 Å². The highest BCUT2D eigenvalue weighted by atomic mass is 32.2. The highest BCUT2D eigenvalue weighted by Crippen LogP contribution is 2.31. The molecule has 19 heavy (non-hydrogen) atoms. The van der Waals surface area contributed by atoms with Crippen molar-refractivity contribution in [3.05, 3.63) is 0 Å². The molecule has 1 saturated heterocycles. The minimum absolute atomic E-state index is 0.231. The lowest BCUT2D eigenvalue weighted by Gasteiger charge is -2.32. The van der Waals surface area contributed by atoms with E-state index in [0.717, 1.165) is 38.8 Å². The van der Waals surface area contributed by atoms with Crippen LogP contribution in [0.25, 0.3) is 0 Å². The van der Waals surface area contributed by atoms with Gasteiger partial charge in [-0.2, -0.15) is 17.4 Å². The Morgan fingerprint density at radius 2 is 1.74 bits per heavy atom. The van der Waals surface area contributed by atoms with Gasteiger partial charge in [0.1, 0.15) is 0 Å². The van der Waals surface area contributed by atoms with Crippen LogP contribution in [0.5, 0.6) is 0 Å². The summed E-state index contributed by atoms with van der Waals surface area (Å²) in [6.45, 7) is 8.37. The molecule has 5 nitrogen and oxygen atoms in total. The minimum atomic E-state index is -3.35. The molecule has 0 atom stereocenters. The maximum absolute atomic E-state index is 12.5. The van der Waals surface area contributed by atoms with Crippen molar-refractivity contribution in [2.75, 3.05) is 19.6 Å². The van der Waals surface area contributed by atoms with E-state index in [1.165, 1.54) is 0 Å². The molecular weight excluding hydrogens is 262 g/mol. The number of piperidine rings is 1. The van der Waals surface area contributed by atoms with Gasteiger partial charge in [0, 0.05) is 18.1 Å². The van der Waals surface area contributed by atoms with Gasteiger partial charge in [-0.3, -0.25) is 0 Å². The van der Waals surface area contributed by atoms with Crippen LogP contribution < -0.4 is 10.0 Å². The van der Waals surface area contributed by atoms with Crippen molar-refractivity contribution < 1.29 is 8.42 Å². The molecule has 0 aromatic rings. The lowest BCUT2D eigenvalue weighted by atomic mass is 9.98. The van der Waals surface area contributed by atoms with Gasteiger partial charge in [-0.25, -0.2) is 0 Å². The van der Waals surface area contributed by atoms with Crippen LogP contribution in [-0.4, -0.2) is 43.9 Å². The van der Waals surface area contributed by atoms with Crippen LogP contribution in [-0.2, 0) is 10.2 Å². The van der Waals surface area contributed by atoms with Gasteiger partial charge in [0.15, 0.2) is 0 Å². The summed E-state index contributed by atoms with van der Waals surface area (Å²) in [5.41, 5.74) is -0.417. The average molecular weight is 289 g/mol. The van der Waals surface area contributed by atoms with Gasteiger partial charge in [-0.05, 0) is 65.5 Å². The normalized spacial score (nSPS) is 22.9. The molecule has 2 aliphatic rings. The largest absolute Gasteiger partial charge is 0.317 e. The van der Waals surface area contributed by atoms with Crippen molar-refractivity contribution in [2.45, 2.75) is 58.0 Å². The number of hydrogen-bond acceptors (Lipinski definition) is 3. The first-order valence-corrected chi connectivity index (χ1v) is 8.73. The number of nitrogens with one attached hydrogen (secondary N) is 2. The highest BCUT2D eigenvalue weighted by molar-refractivity contribution is 7.87. The Labute approximate surface area is 117 Å². The van der Waals surface area contributed by atoms with Crippen molar-refractivity contribution in [3.8, 4) is 0 Å². The first-order valence-electron chi connectivity index (χ1n) is 7.29. The van der Waals surface area contributed by atoms with Crippen molar-refractivity contribution >= 4 is 10.2 Å². The smallest absolute Gasteiger partial charge is 0.280 e. The Morgan fingerprint density at radius 1 is 1.16 bits per heavy atom. The molecular formula is C13H27N3O2S. The molecule has 2 rings (SSSR count). The van der Waals surface area contributed by atoms with Gasteiger partial charge in [-0.15, -0.1) is 0 Å². The summed E-state index contributed by atoms with van der Waals surface area (Å²) in [7, 11) is -3.35. The molecule has 0 aromatic carbocycles. The van der Waals surface area contributed by atoms with Gasteiger partial charge in [0.05, 0.1) is 0 Å². The van der Waals surface area contributed by atoms with E-state index < -0.39 is 15.7 Å². The lowest BCUT2D eigenvalue weighted by Crippen LogP contribution is -2.51. The van der Waals surface area contributed by atoms with Crippen LogP contribution in [0.1, 0.15) is 46.5 Å². The van der Waals surface area contributed by atoms with Gasteiger partial charge < -0.3 is 5.32 Å². The predicted molar refractivity (Wildman–Crippen MR) is 77.1 cm³/mol. The average Bonchev–Trinajstić information content (AvgIpc) is 3.07. The summed E-state index contributed by atoms with van der Waals surface area (Å²) in [6.07, 6.45) is 4.18. The highest BCUT2D eigenvalue weighted by Gasteiger charge is 2.39. The number of hydrogen-bond donors (Lipinski definition) is 2. The number of rotatable bonds is 5. The molecule has 0 aromatic heterocycles. The SMILES string of the molecule is CC(C)(C)NS(=O)(=O)N(CC1CCNCC1)C1CC1. The third-order valence-corrected chi connectivity index (χ3v) is 5.53. The molecule has 1 aliphatic heterocycles. The Bertz CT molecular complexity index is 393. The van der Waals surface area contributed by atoms with Gasteiger partial charge in [0.2, 0.25) is 0 Å². The van der Waals surface area contributed by atoms with E-state index in [1.54, 1.807) is 4.31 Å².